The first-order valence-electron chi connectivity index (χ1n) is 8.11. The van der Waals surface area contributed by atoms with Crippen molar-refractivity contribution in [1.82, 2.24) is 10.6 Å². The summed E-state index contributed by atoms with van der Waals surface area (Å²) in [6.07, 6.45) is 1.73. The quantitative estimate of drug-likeness (QED) is 0.642. The predicted octanol–water partition coefficient (Wildman–Crippen LogP) is 3.84. The minimum atomic E-state index is -0.252. The van der Waals surface area contributed by atoms with Crippen molar-refractivity contribution in [3.05, 3.63) is 23.8 Å². The van der Waals surface area contributed by atoms with Crippen LogP contribution >= 0.6 is 0 Å². The van der Waals surface area contributed by atoms with Crippen molar-refractivity contribution in [3.63, 3.8) is 0 Å². The normalized spacial score (nSPS) is 12.9. The van der Waals surface area contributed by atoms with Gasteiger partial charge in [-0.2, -0.15) is 0 Å². The van der Waals surface area contributed by atoms with Crippen LogP contribution in [0.2, 0.25) is 0 Å². The fraction of sp³-hybridized carbons (Fsp3) is 0.529. The first-order valence-corrected chi connectivity index (χ1v) is 8.11. The van der Waals surface area contributed by atoms with E-state index in [1.54, 1.807) is 6.07 Å². The SMILES string of the molecule is CCC(C)NC(=O)Nc1ccc(C)c(NC(=O)NC(C)CC)c1. The van der Waals surface area contributed by atoms with Gasteiger partial charge < -0.3 is 21.3 Å². The van der Waals surface area contributed by atoms with Crippen LogP contribution < -0.4 is 21.3 Å². The lowest BCUT2D eigenvalue weighted by Crippen LogP contribution is -2.36. The number of urea groups is 2. The second-order valence-electron chi connectivity index (χ2n) is 5.85. The van der Waals surface area contributed by atoms with E-state index in [0.29, 0.717) is 11.4 Å². The van der Waals surface area contributed by atoms with Gasteiger partial charge in [0.2, 0.25) is 0 Å². The van der Waals surface area contributed by atoms with Gasteiger partial charge in [0.05, 0.1) is 0 Å². The third-order valence-electron chi connectivity index (χ3n) is 3.72. The standard InChI is InChI=1S/C17H28N4O2/c1-6-12(4)18-16(22)20-14-9-8-11(3)15(10-14)21-17(23)19-13(5)7-2/h8-10,12-13H,6-7H2,1-5H3,(H2,18,20,22)(H2,19,21,23). The summed E-state index contributed by atoms with van der Waals surface area (Å²) >= 11 is 0. The van der Waals surface area contributed by atoms with E-state index < -0.39 is 0 Å². The molecule has 1 aromatic carbocycles. The molecule has 0 fully saturated rings. The number of rotatable bonds is 6. The van der Waals surface area contributed by atoms with Gasteiger partial charge in [-0.1, -0.05) is 19.9 Å². The molecular formula is C17H28N4O2. The molecule has 1 rings (SSSR count). The molecule has 2 atom stereocenters. The molecule has 0 aliphatic carbocycles. The van der Waals surface area contributed by atoms with Crippen molar-refractivity contribution >= 4 is 23.4 Å². The number of aryl methyl sites for hydroxylation is 1. The Hall–Kier alpha value is -2.24. The van der Waals surface area contributed by atoms with E-state index >= 15 is 0 Å². The van der Waals surface area contributed by atoms with E-state index in [9.17, 15) is 9.59 Å². The minimum Gasteiger partial charge on any atom is -0.335 e. The molecule has 4 N–H and O–H groups in total. The van der Waals surface area contributed by atoms with Crippen LogP contribution in [0.15, 0.2) is 18.2 Å². The summed E-state index contributed by atoms with van der Waals surface area (Å²) in [5, 5.41) is 11.3. The minimum absolute atomic E-state index is 0.109. The van der Waals surface area contributed by atoms with Crippen LogP contribution in [-0.2, 0) is 0 Å². The monoisotopic (exact) mass is 320 g/mol. The Morgan fingerprint density at radius 1 is 0.957 bits per heavy atom. The van der Waals surface area contributed by atoms with Crippen molar-refractivity contribution in [2.45, 2.75) is 59.5 Å². The van der Waals surface area contributed by atoms with Crippen molar-refractivity contribution in [2.75, 3.05) is 10.6 Å². The number of hydrogen-bond donors (Lipinski definition) is 4. The molecule has 1 aromatic rings. The first-order chi connectivity index (χ1) is 10.8. The van der Waals surface area contributed by atoms with Gasteiger partial charge in [0.15, 0.2) is 0 Å². The average Bonchev–Trinajstić information content (AvgIpc) is 2.50. The Kier molecular flexibility index (Phi) is 7.38. The molecule has 0 radical (unpaired) electrons. The van der Waals surface area contributed by atoms with Crippen LogP contribution in [0.25, 0.3) is 0 Å². The van der Waals surface area contributed by atoms with Crippen LogP contribution in [0, 0.1) is 6.92 Å². The van der Waals surface area contributed by atoms with Gasteiger partial charge in [-0.05, 0) is 51.3 Å². The molecule has 0 bridgehead atoms. The van der Waals surface area contributed by atoms with E-state index in [-0.39, 0.29) is 24.1 Å². The summed E-state index contributed by atoms with van der Waals surface area (Å²) in [6, 6.07) is 5.14. The summed E-state index contributed by atoms with van der Waals surface area (Å²) < 4.78 is 0. The summed E-state index contributed by atoms with van der Waals surface area (Å²) in [5.41, 5.74) is 2.24. The fourth-order valence-electron chi connectivity index (χ4n) is 1.81. The Bertz CT molecular complexity index is 545. The van der Waals surface area contributed by atoms with Crippen molar-refractivity contribution in [1.29, 1.82) is 0 Å². The molecule has 128 valence electrons. The Morgan fingerprint density at radius 3 is 2.00 bits per heavy atom. The van der Waals surface area contributed by atoms with Gasteiger partial charge in [-0.25, -0.2) is 9.59 Å². The number of nitrogens with one attached hydrogen (secondary N) is 4. The van der Waals surface area contributed by atoms with Gasteiger partial charge in [0.1, 0.15) is 0 Å². The second kappa shape index (κ2) is 9.02. The maximum Gasteiger partial charge on any atom is 0.319 e. The molecule has 0 aliphatic heterocycles. The van der Waals surface area contributed by atoms with Gasteiger partial charge in [-0.15, -0.1) is 0 Å². The molecule has 6 heteroatoms. The highest BCUT2D eigenvalue weighted by Gasteiger charge is 2.10. The van der Waals surface area contributed by atoms with Gasteiger partial charge in [0, 0.05) is 23.5 Å². The molecule has 6 nitrogen and oxygen atoms in total. The summed E-state index contributed by atoms with van der Waals surface area (Å²) in [5.74, 6) is 0. The molecule has 0 spiro atoms. The van der Waals surface area contributed by atoms with E-state index in [4.69, 9.17) is 0 Å². The number of hydrogen-bond acceptors (Lipinski definition) is 2. The van der Waals surface area contributed by atoms with Crippen molar-refractivity contribution < 1.29 is 9.59 Å². The number of carbonyl (C=O) groups excluding carboxylic acids is 2. The predicted molar refractivity (Wildman–Crippen MR) is 95.0 cm³/mol. The second-order valence-corrected chi connectivity index (χ2v) is 5.85. The Balaban J connectivity index is 2.71. The largest absolute Gasteiger partial charge is 0.335 e. The van der Waals surface area contributed by atoms with Crippen molar-refractivity contribution in [2.24, 2.45) is 0 Å². The van der Waals surface area contributed by atoms with E-state index in [2.05, 4.69) is 21.3 Å². The topological polar surface area (TPSA) is 82.3 Å². The summed E-state index contributed by atoms with van der Waals surface area (Å²) in [7, 11) is 0. The lowest BCUT2D eigenvalue weighted by Gasteiger charge is -2.16. The van der Waals surface area contributed by atoms with Gasteiger partial charge in [-0.3, -0.25) is 0 Å². The zero-order valence-electron chi connectivity index (χ0n) is 14.6. The molecule has 2 unspecified atom stereocenters. The van der Waals surface area contributed by atoms with E-state index in [1.165, 1.54) is 0 Å². The number of anilines is 2. The lowest BCUT2D eigenvalue weighted by molar-refractivity contribution is 0.248. The lowest BCUT2D eigenvalue weighted by atomic mass is 10.2. The Morgan fingerprint density at radius 2 is 1.48 bits per heavy atom. The highest BCUT2D eigenvalue weighted by molar-refractivity contribution is 5.93. The first kappa shape index (κ1) is 18.8. The molecule has 4 amide bonds. The third kappa shape index (κ3) is 6.59. The van der Waals surface area contributed by atoms with Crippen LogP contribution in [0.1, 0.15) is 46.1 Å². The molecule has 0 saturated heterocycles. The highest BCUT2D eigenvalue weighted by Crippen LogP contribution is 2.20. The van der Waals surface area contributed by atoms with Crippen LogP contribution in [0.3, 0.4) is 0 Å². The fourth-order valence-corrected chi connectivity index (χ4v) is 1.81. The third-order valence-corrected chi connectivity index (χ3v) is 3.72. The smallest absolute Gasteiger partial charge is 0.319 e. The summed E-state index contributed by atoms with van der Waals surface area (Å²) in [4.78, 5) is 23.8. The van der Waals surface area contributed by atoms with E-state index in [1.807, 2.05) is 46.8 Å². The van der Waals surface area contributed by atoms with E-state index in [0.717, 1.165) is 18.4 Å². The average molecular weight is 320 g/mol. The van der Waals surface area contributed by atoms with Gasteiger partial charge >= 0.3 is 12.1 Å². The molecule has 0 aromatic heterocycles. The highest BCUT2D eigenvalue weighted by atomic mass is 16.2. The molecule has 0 aliphatic rings. The Labute approximate surface area is 138 Å². The zero-order chi connectivity index (χ0) is 17.4. The van der Waals surface area contributed by atoms with Gasteiger partial charge in [0.25, 0.3) is 0 Å². The molecular weight excluding hydrogens is 292 g/mol. The van der Waals surface area contributed by atoms with Crippen molar-refractivity contribution in [3.8, 4) is 0 Å². The van der Waals surface area contributed by atoms with Crippen LogP contribution in [-0.4, -0.2) is 24.1 Å². The number of amides is 4. The maximum atomic E-state index is 11.9. The van der Waals surface area contributed by atoms with Crippen LogP contribution in [0.5, 0.6) is 0 Å². The number of carbonyl (C=O) groups is 2. The molecule has 0 saturated carbocycles. The maximum absolute atomic E-state index is 11.9. The zero-order valence-corrected chi connectivity index (χ0v) is 14.6. The summed E-state index contributed by atoms with van der Waals surface area (Å²) in [6.45, 7) is 9.82. The molecule has 23 heavy (non-hydrogen) atoms. The number of benzene rings is 1. The molecule has 0 heterocycles. The van der Waals surface area contributed by atoms with Crippen LogP contribution in [0.4, 0.5) is 21.0 Å².